The van der Waals surface area contributed by atoms with Gasteiger partial charge in [0.15, 0.2) is 5.65 Å². The highest BCUT2D eigenvalue weighted by Crippen LogP contribution is 2.23. The number of para-hydroxylation sites is 1. The van der Waals surface area contributed by atoms with Crippen molar-refractivity contribution < 1.29 is 4.74 Å². The van der Waals surface area contributed by atoms with E-state index < -0.39 is 0 Å². The summed E-state index contributed by atoms with van der Waals surface area (Å²) in [4.78, 5) is 16.5. The third-order valence-electron chi connectivity index (χ3n) is 3.38. The van der Waals surface area contributed by atoms with E-state index in [1.54, 1.807) is 0 Å². The van der Waals surface area contributed by atoms with Crippen LogP contribution < -0.4 is 10.3 Å². The van der Waals surface area contributed by atoms with Crippen molar-refractivity contribution in [3.05, 3.63) is 58.0 Å². The highest BCUT2D eigenvalue weighted by Gasteiger charge is 2.10. The number of H-pyrrole nitrogens is 1. The zero-order valence-electron chi connectivity index (χ0n) is 12.3. The molecule has 21 heavy (non-hydrogen) atoms. The summed E-state index contributed by atoms with van der Waals surface area (Å²) in [5, 5.41) is 3.05. The van der Waals surface area contributed by atoms with Gasteiger partial charge in [-0.05, 0) is 24.5 Å². The molecular weight excluding hydrogens is 266 g/mol. The first-order valence-electron chi connectivity index (χ1n) is 6.91. The predicted octanol–water partition coefficient (Wildman–Crippen LogP) is 3.25. The van der Waals surface area contributed by atoms with Gasteiger partial charge in [-0.2, -0.15) is 4.98 Å². The number of ether oxygens (including phenoxy) is 1. The van der Waals surface area contributed by atoms with Crippen LogP contribution in [0.15, 0.2) is 41.2 Å². The number of nitrogens with zero attached hydrogens (tertiary/aromatic N) is 2. The van der Waals surface area contributed by atoms with Crippen LogP contribution in [-0.2, 0) is 0 Å². The van der Waals surface area contributed by atoms with Gasteiger partial charge in [-0.1, -0.05) is 32.0 Å². The Morgan fingerprint density at radius 1 is 1.24 bits per heavy atom. The highest BCUT2D eigenvalue weighted by atomic mass is 16.5. The van der Waals surface area contributed by atoms with Crippen molar-refractivity contribution in [2.24, 2.45) is 0 Å². The number of hydrogen-bond acceptors (Lipinski definition) is 3. The fraction of sp³-hybridized carbons (Fsp3) is 0.250. The molecule has 5 heteroatoms. The Kier molecular flexibility index (Phi) is 3.25. The molecule has 0 bridgehead atoms. The lowest BCUT2D eigenvalue weighted by Gasteiger charge is -2.06. The van der Waals surface area contributed by atoms with Crippen molar-refractivity contribution in [1.82, 2.24) is 14.6 Å². The second-order valence-electron chi connectivity index (χ2n) is 5.36. The molecule has 108 valence electrons. The lowest BCUT2D eigenvalue weighted by molar-refractivity contribution is 0.458. The first-order chi connectivity index (χ1) is 10.0. The van der Waals surface area contributed by atoms with Crippen LogP contribution in [0.1, 0.15) is 31.0 Å². The summed E-state index contributed by atoms with van der Waals surface area (Å²) in [6.07, 6.45) is 0. The fourth-order valence-corrected chi connectivity index (χ4v) is 2.12. The van der Waals surface area contributed by atoms with Crippen molar-refractivity contribution >= 4 is 5.65 Å². The Hall–Kier alpha value is -2.56. The summed E-state index contributed by atoms with van der Waals surface area (Å²) in [6.45, 7) is 6.06. The first-order valence-corrected chi connectivity index (χ1v) is 6.91. The molecule has 0 saturated heterocycles. The Morgan fingerprint density at radius 2 is 2.00 bits per heavy atom. The molecule has 5 nitrogen and oxygen atoms in total. The topological polar surface area (TPSA) is 59.4 Å². The molecular formula is C16H17N3O2. The lowest BCUT2D eigenvalue weighted by atomic mass is 10.1. The van der Waals surface area contributed by atoms with Gasteiger partial charge in [0.2, 0.25) is 5.88 Å². The zero-order chi connectivity index (χ0) is 15.0. The minimum Gasteiger partial charge on any atom is -0.438 e. The molecule has 0 amide bonds. The van der Waals surface area contributed by atoms with E-state index in [1.165, 1.54) is 10.6 Å². The summed E-state index contributed by atoms with van der Waals surface area (Å²) in [5.41, 5.74) is 2.34. The molecule has 3 rings (SSSR count). The quantitative estimate of drug-likeness (QED) is 0.802. The predicted molar refractivity (Wildman–Crippen MR) is 81.2 cm³/mol. The summed E-state index contributed by atoms with van der Waals surface area (Å²) in [5.74, 6) is 1.31. The molecule has 0 atom stereocenters. The standard InChI is InChI=1S/C16H17N3O2/c1-10(2)12-8-14-17-15(9-16(20)19(14)18-12)21-13-7-5-4-6-11(13)3/h4-10,18H,1-3H3. The van der Waals surface area contributed by atoms with Gasteiger partial charge in [-0.3, -0.25) is 9.89 Å². The molecule has 3 aromatic rings. The van der Waals surface area contributed by atoms with E-state index >= 15 is 0 Å². The number of aromatic nitrogens is 3. The van der Waals surface area contributed by atoms with Crippen LogP contribution >= 0.6 is 0 Å². The van der Waals surface area contributed by atoms with Crippen molar-refractivity contribution in [2.75, 3.05) is 0 Å². The molecule has 0 aliphatic carbocycles. The third-order valence-corrected chi connectivity index (χ3v) is 3.38. The van der Waals surface area contributed by atoms with Gasteiger partial charge < -0.3 is 4.74 Å². The van der Waals surface area contributed by atoms with Gasteiger partial charge in [0, 0.05) is 11.8 Å². The van der Waals surface area contributed by atoms with Gasteiger partial charge in [-0.15, -0.1) is 0 Å². The second kappa shape index (κ2) is 5.09. The maximum absolute atomic E-state index is 12.1. The zero-order valence-corrected chi connectivity index (χ0v) is 12.3. The molecule has 2 aromatic heterocycles. The van der Waals surface area contributed by atoms with Gasteiger partial charge in [0.25, 0.3) is 5.56 Å². The number of aromatic amines is 1. The van der Waals surface area contributed by atoms with E-state index in [0.717, 1.165) is 11.3 Å². The van der Waals surface area contributed by atoms with Gasteiger partial charge in [0.05, 0.1) is 6.07 Å². The van der Waals surface area contributed by atoms with Crippen molar-refractivity contribution in [3.63, 3.8) is 0 Å². The number of fused-ring (bicyclic) bond motifs is 1. The van der Waals surface area contributed by atoms with Crippen LogP contribution in [0, 0.1) is 6.92 Å². The minimum absolute atomic E-state index is 0.185. The molecule has 0 aliphatic heterocycles. The molecule has 2 heterocycles. The van der Waals surface area contributed by atoms with E-state index in [-0.39, 0.29) is 5.56 Å². The highest BCUT2D eigenvalue weighted by molar-refractivity contribution is 5.43. The summed E-state index contributed by atoms with van der Waals surface area (Å²) in [7, 11) is 0. The fourth-order valence-electron chi connectivity index (χ4n) is 2.12. The van der Waals surface area contributed by atoms with Crippen LogP contribution in [0.5, 0.6) is 11.6 Å². The minimum atomic E-state index is -0.185. The number of rotatable bonds is 3. The number of hydrogen-bond donors (Lipinski definition) is 1. The molecule has 0 unspecified atom stereocenters. The number of benzene rings is 1. The van der Waals surface area contributed by atoms with E-state index in [0.29, 0.717) is 23.2 Å². The molecule has 0 aliphatic rings. The van der Waals surface area contributed by atoms with Crippen LogP contribution in [0.2, 0.25) is 0 Å². The van der Waals surface area contributed by atoms with Crippen LogP contribution in [0.4, 0.5) is 0 Å². The Labute approximate surface area is 122 Å². The summed E-state index contributed by atoms with van der Waals surface area (Å²) < 4.78 is 7.16. The molecule has 0 fully saturated rings. The first kappa shape index (κ1) is 13.4. The van der Waals surface area contributed by atoms with Crippen LogP contribution in [0.3, 0.4) is 0 Å². The van der Waals surface area contributed by atoms with Gasteiger partial charge >= 0.3 is 0 Å². The van der Waals surface area contributed by atoms with Crippen LogP contribution in [0.25, 0.3) is 5.65 Å². The third kappa shape index (κ3) is 2.54. The molecule has 1 N–H and O–H groups in total. The SMILES string of the molecule is Cc1ccccc1Oc1cc(=O)n2[nH]c(C(C)C)cc2n1. The van der Waals surface area contributed by atoms with E-state index in [4.69, 9.17) is 4.74 Å². The molecule has 0 spiro atoms. The van der Waals surface area contributed by atoms with Crippen molar-refractivity contribution in [2.45, 2.75) is 26.7 Å². The maximum Gasteiger partial charge on any atom is 0.276 e. The Balaban J connectivity index is 2.04. The Bertz CT molecular complexity index is 846. The number of aryl methyl sites for hydroxylation is 1. The van der Waals surface area contributed by atoms with E-state index in [1.807, 2.05) is 37.3 Å². The monoisotopic (exact) mass is 283 g/mol. The van der Waals surface area contributed by atoms with Crippen molar-refractivity contribution in [1.29, 1.82) is 0 Å². The normalized spacial score (nSPS) is 11.2. The maximum atomic E-state index is 12.1. The molecule has 1 aromatic carbocycles. The van der Waals surface area contributed by atoms with Gasteiger partial charge in [0.1, 0.15) is 5.75 Å². The summed E-state index contributed by atoms with van der Waals surface area (Å²) in [6, 6.07) is 10.9. The van der Waals surface area contributed by atoms with E-state index in [9.17, 15) is 4.79 Å². The average Bonchev–Trinajstić information content (AvgIpc) is 2.86. The Morgan fingerprint density at radius 3 is 2.71 bits per heavy atom. The largest absolute Gasteiger partial charge is 0.438 e. The molecule has 0 saturated carbocycles. The van der Waals surface area contributed by atoms with Crippen molar-refractivity contribution in [3.8, 4) is 11.6 Å². The molecule has 0 radical (unpaired) electrons. The smallest absolute Gasteiger partial charge is 0.276 e. The lowest BCUT2D eigenvalue weighted by Crippen LogP contribution is -2.14. The number of nitrogens with one attached hydrogen (secondary N) is 1. The van der Waals surface area contributed by atoms with E-state index in [2.05, 4.69) is 23.9 Å². The second-order valence-corrected chi connectivity index (χ2v) is 5.36. The summed E-state index contributed by atoms with van der Waals surface area (Å²) >= 11 is 0. The average molecular weight is 283 g/mol. The van der Waals surface area contributed by atoms with Gasteiger partial charge in [-0.25, -0.2) is 4.52 Å². The van der Waals surface area contributed by atoms with Crippen LogP contribution in [-0.4, -0.2) is 14.6 Å².